The molecule has 2 aromatic rings. The number of amides is 1. The molecule has 0 spiro atoms. The number of ether oxygens (including phenoxy) is 1. The van der Waals surface area contributed by atoms with Crippen molar-refractivity contribution < 1.29 is 14.3 Å². The Hall–Kier alpha value is -3.08. The van der Waals surface area contributed by atoms with Crippen LogP contribution in [0.15, 0.2) is 54.6 Å². The molecule has 0 radical (unpaired) electrons. The molecular formula is C21H22N2O3. The molecule has 1 amide bonds. The van der Waals surface area contributed by atoms with Gasteiger partial charge in [0.25, 0.3) is 5.91 Å². The standard InChI is InChI=1S/C21H22N2O3/c1-15-7-8-18(13-19(15)22)21(25)26-14-20(24)23-11-9-17(10-12-23)16-5-3-2-4-6-16/h2-9,13H,10-12,14,22H2,1H3. The Balaban J connectivity index is 1.53. The minimum atomic E-state index is -0.539. The summed E-state index contributed by atoms with van der Waals surface area (Å²) in [6.07, 6.45) is 2.84. The molecule has 0 aromatic heterocycles. The number of carbonyl (C=O) groups excluding carboxylic acids is 2. The predicted octanol–water partition coefficient (Wildman–Crippen LogP) is 3.05. The Labute approximate surface area is 153 Å². The molecule has 26 heavy (non-hydrogen) atoms. The van der Waals surface area contributed by atoms with Crippen molar-refractivity contribution in [3.05, 3.63) is 71.3 Å². The normalized spacial score (nSPS) is 13.9. The fourth-order valence-corrected chi connectivity index (χ4v) is 2.88. The first-order valence-corrected chi connectivity index (χ1v) is 8.60. The van der Waals surface area contributed by atoms with E-state index < -0.39 is 5.97 Å². The van der Waals surface area contributed by atoms with Crippen LogP contribution in [0.25, 0.3) is 5.57 Å². The van der Waals surface area contributed by atoms with Crippen LogP contribution in [0.2, 0.25) is 0 Å². The largest absolute Gasteiger partial charge is 0.452 e. The van der Waals surface area contributed by atoms with Crippen LogP contribution in [-0.2, 0) is 9.53 Å². The first kappa shape index (κ1) is 17.7. The fourth-order valence-electron chi connectivity index (χ4n) is 2.88. The molecule has 2 N–H and O–H groups in total. The quantitative estimate of drug-likeness (QED) is 0.679. The third-order valence-electron chi connectivity index (χ3n) is 4.55. The van der Waals surface area contributed by atoms with E-state index in [4.69, 9.17) is 10.5 Å². The third-order valence-corrected chi connectivity index (χ3v) is 4.55. The average molecular weight is 350 g/mol. The minimum Gasteiger partial charge on any atom is -0.452 e. The number of nitrogens with zero attached hydrogens (tertiary/aromatic N) is 1. The van der Waals surface area contributed by atoms with Gasteiger partial charge in [0.1, 0.15) is 0 Å². The zero-order chi connectivity index (χ0) is 18.5. The van der Waals surface area contributed by atoms with E-state index in [1.807, 2.05) is 25.1 Å². The summed E-state index contributed by atoms with van der Waals surface area (Å²) >= 11 is 0. The molecule has 1 heterocycles. The molecule has 0 unspecified atom stereocenters. The van der Waals surface area contributed by atoms with E-state index in [2.05, 4.69) is 18.2 Å². The number of benzene rings is 2. The molecular weight excluding hydrogens is 328 g/mol. The third kappa shape index (κ3) is 4.11. The topological polar surface area (TPSA) is 72.6 Å². The lowest BCUT2D eigenvalue weighted by molar-refractivity contribution is -0.134. The van der Waals surface area contributed by atoms with Crippen LogP contribution in [-0.4, -0.2) is 36.5 Å². The molecule has 5 heteroatoms. The summed E-state index contributed by atoms with van der Waals surface area (Å²) in [5, 5.41) is 0. The van der Waals surface area contributed by atoms with Crippen molar-refractivity contribution in [3.8, 4) is 0 Å². The number of esters is 1. The van der Waals surface area contributed by atoms with Crippen LogP contribution in [0, 0.1) is 6.92 Å². The van der Waals surface area contributed by atoms with Crippen molar-refractivity contribution >= 4 is 23.1 Å². The van der Waals surface area contributed by atoms with Gasteiger partial charge < -0.3 is 15.4 Å². The van der Waals surface area contributed by atoms with Crippen molar-refractivity contribution in [3.63, 3.8) is 0 Å². The minimum absolute atomic E-state index is 0.193. The number of hydrogen-bond acceptors (Lipinski definition) is 4. The van der Waals surface area contributed by atoms with Crippen LogP contribution in [0.3, 0.4) is 0 Å². The zero-order valence-electron chi connectivity index (χ0n) is 14.8. The fraction of sp³-hybridized carbons (Fsp3) is 0.238. The van der Waals surface area contributed by atoms with Crippen molar-refractivity contribution in [2.45, 2.75) is 13.3 Å². The smallest absolute Gasteiger partial charge is 0.338 e. The van der Waals surface area contributed by atoms with Gasteiger partial charge in [-0.1, -0.05) is 42.5 Å². The molecule has 2 aromatic carbocycles. The predicted molar refractivity (Wildman–Crippen MR) is 101 cm³/mol. The summed E-state index contributed by atoms with van der Waals surface area (Å²) in [6, 6.07) is 15.1. The maximum absolute atomic E-state index is 12.3. The molecule has 0 atom stereocenters. The van der Waals surface area contributed by atoms with Crippen LogP contribution < -0.4 is 5.73 Å². The molecule has 0 bridgehead atoms. The Morgan fingerprint density at radius 3 is 2.58 bits per heavy atom. The Kier molecular flexibility index (Phi) is 5.37. The van der Waals surface area contributed by atoms with Crippen molar-refractivity contribution in [1.82, 2.24) is 4.90 Å². The molecule has 1 aliphatic rings. The number of nitrogens with two attached hydrogens (primary N) is 1. The van der Waals surface area contributed by atoms with Gasteiger partial charge in [0.05, 0.1) is 5.56 Å². The lowest BCUT2D eigenvalue weighted by atomic mass is 10.00. The van der Waals surface area contributed by atoms with Crippen LogP contribution in [0.5, 0.6) is 0 Å². The summed E-state index contributed by atoms with van der Waals surface area (Å²) < 4.78 is 5.14. The van der Waals surface area contributed by atoms with E-state index in [0.29, 0.717) is 24.3 Å². The summed E-state index contributed by atoms with van der Waals surface area (Å²) in [5.74, 6) is -0.732. The molecule has 0 fully saturated rings. The highest BCUT2D eigenvalue weighted by Crippen LogP contribution is 2.22. The summed E-state index contributed by atoms with van der Waals surface area (Å²) in [6.45, 7) is 2.75. The second kappa shape index (κ2) is 7.87. The Bertz CT molecular complexity index is 844. The first-order valence-electron chi connectivity index (χ1n) is 8.60. The van der Waals surface area contributed by atoms with E-state index in [-0.39, 0.29) is 12.5 Å². The van der Waals surface area contributed by atoms with Gasteiger partial charge >= 0.3 is 5.97 Å². The van der Waals surface area contributed by atoms with E-state index in [9.17, 15) is 9.59 Å². The lowest BCUT2D eigenvalue weighted by Crippen LogP contribution is -2.37. The highest BCUT2D eigenvalue weighted by atomic mass is 16.5. The molecule has 0 aliphatic carbocycles. The van der Waals surface area contributed by atoms with Gasteiger partial charge in [0.15, 0.2) is 6.61 Å². The average Bonchev–Trinajstić information content (AvgIpc) is 2.68. The number of nitrogen functional groups attached to an aromatic ring is 1. The van der Waals surface area contributed by atoms with E-state index in [1.165, 1.54) is 11.1 Å². The van der Waals surface area contributed by atoms with E-state index >= 15 is 0 Å². The molecule has 3 rings (SSSR count). The van der Waals surface area contributed by atoms with Gasteiger partial charge in [0.2, 0.25) is 0 Å². The molecule has 0 saturated carbocycles. The molecule has 134 valence electrons. The highest BCUT2D eigenvalue weighted by Gasteiger charge is 2.19. The highest BCUT2D eigenvalue weighted by molar-refractivity contribution is 5.92. The van der Waals surface area contributed by atoms with Crippen molar-refractivity contribution in [2.75, 3.05) is 25.4 Å². The van der Waals surface area contributed by atoms with Crippen LogP contribution in [0.1, 0.15) is 27.9 Å². The Morgan fingerprint density at radius 1 is 1.15 bits per heavy atom. The molecule has 5 nitrogen and oxygen atoms in total. The number of rotatable bonds is 4. The van der Waals surface area contributed by atoms with Crippen LogP contribution >= 0.6 is 0 Å². The van der Waals surface area contributed by atoms with Crippen LogP contribution in [0.4, 0.5) is 5.69 Å². The van der Waals surface area contributed by atoms with Gasteiger partial charge in [-0.25, -0.2) is 4.79 Å². The van der Waals surface area contributed by atoms with Gasteiger partial charge in [-0.05, 0) is 42.2 Å². The number of aryl methyl sites for hydroxylation is 1. The molecule has 1 aliphatic heterocycles. The van der Waals surface area contributed by atoms with E-state index in [1.54, 1.807) is 23.1 Å². The maximum atomic E-state index is 12.3. The summed E-state index contributed by atoms with van der Waals surface area (Å²) in [4.78, 5) is 26.1. The van der Waals surface area contributed by atoms with Gasteiger partial charge in [-0.15, -0.1) is 0 Å². The van der Waals surface area contributed by atoms with Gasteiger partial charge in [-0.3, -0.25) is 4.79 Å². The number of anilines is 1. The second-order valence-corrected chi connectivity index (χ2v) is 6.33. The lowest BCUT2D eigenvalue weighted by Gasteiger charge is -2.26. The summed E-state index contributed by atoms with van der Waals surface area (Å²) in [7, 11) is 0. The summed E-state index contributed by atoms with van der Waals surface area (Å²) in [5.41, 5.74) is 10.0. The first-order chi connectivity index (χ1) is 12.5. The number of carbonyl (C=O) groups is 2. The maximum Gasteiger partial charge on any atom is 0.338 e. The zero-order valence-corrected chi connectivity index (χ0v) is 14.8. The SMILES string of the molecule is Cc1ccc(C(=O)OCC(=O)N2CC=C(c3ccccc3)CC2)cc1N. The second-order valence-electron chi connectivity index (χ2n) is 6.33. The van der Waals surface area contributed by atoms with Crippen molar-refractivity contribution in [1.29, 1.82) is 0 Å². The Morgan fingerprint density at radius 2 is 1.92 bits per heavy atom. The monoisotopic (exact) mass is 350 g/mol. The van der Waals surface area contributed by atoms with Gasteiger partial charge in [-0.2, -0.15) is 0 Å². The van der Waals surface area contributed by atoms with Crippen molar-refractivity contribution in [2.24, 2.45) is 0 Å². The number of hydrogen-bond donors (Lipinski definition) is 1. The van der Waals surface area contributed by atoms with Gasteiger partial charge in [0, 0.05) is 18.8 Å². The molecule has 0 saturated heterocycles. The van der Waals surface area contributed by atoms with E-state index in [0.717, 1.165) is 12.0 Å².